The second-order valence-corrected chi connectivity index (χ2v) is 4.70. The third-order valence-electron chi connectivity index (χ3n) is 2.95. The Morgan fingerprint density at radius 3 is 2.27 bits per heavy atom. The Balaban J connectivity index is 1.79. The van der Waals surface area contributed by atoms with Gasteiger partial charge in [-0.3, -0.25) is 4.79 Å². The molecule has 0 saturated carbocycles. The molecule has 116 valence electrons. The van der Waals surface area contributed by atoms with Crippen LogP contribution >= 0.6 is 0 Å². The Morgan fingerprint density at radius 2 is 1.59 bits per heavy atom. The molecule has 3 nitrogen and oxygen atoms in total. The van der Waals surface area contributed by atoms with E-state index >= 15 is 0 Å². The molecule has 0 saturated heterocycles. The zero-order valence-electron chi connectivity index (χ0n) is 12.1. The second-order valence-electron chi connectivity index (χ2n) is 4.70. The molecule has 2 aromatic carbocycles. The zero-order valence-corrected chi connectivity index (χ0v) is 12.1. The molecule has 0 aliphatic heterocycles. The number of Topliss-reactive ketones (excluding diaryl/α,β-unsaturated/α-hetero) is 1. The van der Waals surface area contributed by atoms with Gasteiger partial charge in [-0.25, -0.2) is 8.78 Å². The van der Waals surface area contributed by atoms with Crippen molar-refractivity contribution in [3.05, 3.63) is 59.7 Å². The Kier molecular flexibility index (Phi) is 5.47. The van der Waals surface area contributed by atoms with Crippen LogP contribution < -0.4 is 9.47 Å². The van der Waals surface area contributed by atoms with Crippen LogP contribution in [0.3, 0.4) is 0 Å². The summed E-state index contributed by atoms with van der Waals surface area (Å²) < 4.78 is 36.7. The predicted octanol–water partition coefficient (Wildman–Crippen LogP) is 4.02. The number of carbonyl (C=O) groups is 1. The fourth-order valence-corrected chi connectivity index (χ4v) is 1.87. The zero-order chi connectivity index (χ0) is 15.9. The molecule has 2 aromatic rings. The smallest absolute Gasteiger partial charge is 0.163 e. The van der Waals surface area contributed by atoms with Crippen LogP contribution in [-0.2, 0) is 0 Å². The lowest BCUT2D eigenvalue weighted by atomic mass is 10.1. The van der Waals surface area contributed by atoms with Gasteiger partial charge in [-0.15, -0.1) is 0 Å². The maximum Gasteiger partial charge on any atom is 0.163 e. The van der Waals surface area contributed by atoms with Crippen LogP contribution in [0.1, 0.15) is 23.7 Å². The Bertz CT molecular complexity index is 639. The van der Waals surface area contributed by atoms with E-state index in [-0.39, 0.29) is 17.2 Å². The molecule has 0 bridgehead atoms. The first-order valence-corrected chi connectivity index (χ1v) is 6.88. The maximum absolute atomic E-state index is 13.1. The molecule has 0 atom stereocenters. The summed E-state index contributed by atoms with van der Waals surface area (Å²) >= 11 is 0. The minimum absolute atomic E-state index is 0.222. The molecule has 0 heterocycles. The Morgan fingerprint density at radius 1 is 0.955 bits per heavy atom. The molecule has 22 heavy (non-hydrogen) atoms. The van der Waals surface area contributed by atoms with Crippen LogP contribution in [0.4, 0.5) is 8.78 Å². The van der Waals surface area contributed by atoms with Crippen LogP contribution in [0.25, 0.3) is 0 Å². The molecule has 5 heteroatoms. The van der Waals surface area contributed by atoms with E-state index in [1.165, 1.54) is 31.2 Å². The predicted molar refractivity (Wildman–Crippen MR) is 78.4 cm³/mol. The largest absolute Gasteiger partial charge is 0.493 e. The van der Waals surface area contributed by atoms with Crippen LogP contribution in [0.2, 0.25) is 0 Å². The van der Waals surface area contributed by atoms with Gasteiger partial charge in [0, 0.05) is 6.42 Å². The maximum atomic E-state index is 13.1. The Labute approximate surface area is 127 Å². The van der Waals surface area contributed by atoms with Gasteiger partial charge >= 0.3 is 0 Å². The average molecular weight is 306 g/mol. The van der Waals surface area contributed by atoms with Gasteiger partial charge in [0.2, 0.25) is 0 Å². The molecular formula is C17H16F2O3. The van der Waals surface area contributed by atoms with Gasteiger partial charge in [0.25, 0.3) is 0 Å². The molecule has 0 spiro atoms. The van der Waals surface area contributed by atoms with Crippen molar-refractivity contribution in [2.24, 2.45) is 0 Å². The van der Waals surface area contributed by atoms with Crippen molar-refractivity contribution in [1.29, 1.82) is 0 Å². The minimum Gasteiger partial charge on any atom is -0.493 e. The highest BCUT2D eigenvalue weighted by molar-refractivity contribution is 5.96. The van der Waals surface area contributed by atoms with Crippen LogP contribution in [0.15, 0.2) is 42.5 Å². The van der Waals surface area contributed by atoms with Crippen LogP contribution in [0, 0.1) is 11.6 Å². The molecule has 2 rings (SSSR count). The first-order chi connectivity index (χ1) is 10.6. The molecule has 0 unspecified atom stereocenters. The highest BCUT2D eigenvalue weighted by atomic mass is 19.1. The first kappa shape index (κ1) is 15.9. The van der Waals surface area contributed by atoms with E-state index in [0.717, 1.165) is 6.07 Å². The number of ether oxygens (including phenoxy) is 2. The Hall–Kier alpha value is -2.43. The topological polar surface area (TPSA) is 35.5 Å². The van der Waals surface area contributed by atoms with Crippen LogP contribution in [0.5, 0.6) is 11.5 Å². The summed E-state index contributed by atoms with van der Waals surface area (Å²) in [6.45, 7) is 2.08. The molecule has 0 fully saturated rings. The summed E-state index contributed by atoms with van der Waals surface area (Å²) in [5, 5.41) is 0. The van der Waals surface area contributed by atoms with Crippen molar-refractivity contribution < 1.29 is 23.0 Å². The van der Waals surface area contributed by atoms with Gasteiger partial charge in [0.05, 0.1) is 18.8 Å². The SMILES string of the molecule is CC(=O)c1cc(F)ccc1OCCCOc1ccc(F)cc1. The van der Waals surface area contributed by atoms with E-state index in [1.807, 2.05) is 0 Å². The van der Waals surface area contributed by atoms with Gasteiger partial charge in [-0.2, -0.15) is 0 Å². The number of hydrogen-bond acceptors (Lipinski definition) is 3. The fraction of sp³-hybridized carbons (Fsp3) is 0.235. The molecular weight excluding hydrogens is 290 g/mol. The fourth-order valence-electron chi connectivity index (χ4n) is 1.87. The van der Waals surface area contributed by atoms with E-state index in [1.54, 1.807) is 12.1 Å². The molecule has 0 amide bonds. The molecule has 0 radical (unpaired) electrons. The van der Waals surface area contributed by atoms with Crippen molar-refractivity contribution in [2.45, 2.75) is 13.3 Å². The van der Waals surface area contributed by atoms with Gasteiger partial charge in [0.1, 0.15) is 23.1 Å². The summed E-state index contributed by atoms with van der Waals surface area (Å²) in [6.07, 6.45) is 0.575. The molecule has 0 aliphatic carbocycles. The highest BCUT2D eigenvalue weighted by Crippen LogP contribution is 2.20. The minimum atomic E-state index is -0.475. The average Bonchev–Trinajstić information content (AvgIpc) is 2.50. The van der Waals surface area contributed by atoms with E-state index < -0.39 is 5.82 Å². The van der Waals surface area contributed by atoms with Crippen molar-refractivity contribution in [2.75, 3.05) is 13.2 Å². The lowest BCUT2D eigenvalue weighted by molar-refractivity contribution is 0.101. The van der Waals surface area contributed by atoms with E-state index in [0.29, 0.717) is 31.1 Å². The quantitative estimate of drug-likeness (QED) is 0.572. The summed E-state index contributed by atoms with van der Waals surface area (Å²) in [4.78, 5) is 11.4. The van der Waals surface area contributed by atoms with Gasteiger partial charge in [-0.1, -0.05) is 0 Å². The van der Waals surface area contributed by atoms with E-state index in [9.17, 15) is 13.6 Å². The molecule has 0 aliphatic rings. The summed E-state index contributed by atoms with van der Waals surface area (Å²) in [7, 11) is 0. The van der Waals surface area contributed by atoms with Crippen molar-refractivity contribution in [3.63, 3.8) is 0 Å². The summed E-state index contributed by atoms with van der Waals surface area (Å²) in [5.74, 6) is -0.110. The highest BCUT2D eigenvalue weighted by Gasteiger charge is 2.09. The normalized spacial score (nSPS) is 10.3. The lowest BCUT2D eigenvalue weighted by Gasteiger charge is -2.10. The standard InChI is InChI=1S/C17H16F2O3/c1-12(20)16-11-14(19)5-8-17(16)22-10-2-9-21-15-6-3-13(18)4-7-15/h3-8,11H,2,9-10H2,1H3. The van der Waals surface area contributed by atoms with E-state index in [2.05, 4.69) is 0 Å². The lowest BCUT2D eigenvalue weighted by Crippen LogP contribution is -2.07. The van der Waals surface area contributed by atoms with Gasteiger partial charge < -0.3 is 9.47 Å². The number of carbonyl (C=O) groups excluding carboxylic acids is 1. The third kappa shape index (κ3) is 4.55. The monoisotopic (exact) mass is 306 g/mol. The number of benzene rings is 2. The third-order valence-corrected chi connectivity index (χ3v) is 2.95. The van der Waals surface area contributed by atoms with E-state index in [4.69, 9.17) is 9.47 Å². The van der Waals surface area contributed by atoms with Gasteiger partial charge in [-0.05, 0) is 49.4 Å². The molecule has 0 aromatic heterocycles. The van der Waals surface area contributed by atoms with Crippen molar-refractivity contribution in [1.82, 2.24) is 0 Å². The summed E-state index contributed by atoms with van der Waals surface area (Å²) in [6, 6.07) is 9.58. The van der Waals surface area contributed by atoms with Gasteiger partial charge in [0.15, 0.2) is 5.78 Å². The number of rotatable bonds is 7. The number of hydrogen-bond donors (Lipinski definition) is 0. The number of ketones is 1. The first-order valence-electron chi connectivity index (χ1n) is 6.88. The summed E-state index contributed by atoms with van der Waals surface area (Å²) in [5.41, 5.74) is 0.222. The van der Waals surface area contributed by atoms with Crippen molar-refractivity contribution in [3.8, 4) is 11.5 Å². The van der Waals surface area contributed by atoms with Crippen molar-refractivity contribution >= 4 is 5.78 Å². The second kappa shape index (κ2) is 7.54. The molecule has 0 N–H and O–H groups in total. The van der Waals surface area contributed by atoms with Crippen LogP contribution in [-0.4, -0.2) is 19.0 Å². The number of halogens is 2.